The van der Waals surface area contributed by atoms with E-state index in [1.807, 2.05) is 37.3 Å². The predicted octanol–water partition coefficient (Wildman–Crippen LogP) is 5.64. The summed E-state index contributed by atoms with van der Waals surface area (Å²) in [5.74, 6) is -0.127. The second kappa shape index (κ2) is 7.33. The predicted molar refractivity (Wildman–Crippen MR) is 109 cm³/mol. The van der Waals surface area contributed by atoms with Crippen LogP contribution in [0, 0.1) is 6.92 Å². The van der Waals surface area contributed by atoms with E-state index in [9.17, 15) is 9.59 Å². The van der Waals surface area contributed by atoms with Crippen molar-refractivity contribution in [1.82, 2.24) is 0 Å². The zero-order chi connectivity index (χ0) is 19.7. The molecule has 4 rings (SSSR count). The molecule has 4 nitrogen and oxygen atoms in total. The molecule has 0 aliphatic carbocycles. The summed E-state index contributed by atoms with van der Waals surface area (Å²) in [5, 5.41) is 1.25. The highest BCUT2D eigenvalue weighted by atomic mass is 35.5. The van der Waals surface area contributed by atoms with Crippen molar-refractivity contribution >= 4 is 28.5 Å². The third kappa shape index (κ3) is 3.42. The van der Waals surface area contributed by atoms with Crippen LogP contribution >= 0.6 is 11.6 Å². The first-order valence-electron chi connectivity index (χ1n) is 8.63. The monoisotopic (exact) mass is 390 g/mol. The van der Waals surface area contributed by atoms with E-state index in [0.29, 0.717) is 32.9 Å². The fraction of sp³-hybridized carbons (Fsp3) is 0.0435. The summed E-state index contributed by atoms with van der Waals surface area (Å²) >= 11 is 5.85. The van der Waals surface area contributed by atoms with Gasteiger partial charge in [0.25, 0.3) is 0 Å². The molecule has 0 radical (unpaired) electrons. The maximum atomic E-state index is 12.5. The van der Waals surface area contributed by atoms with E-state index in [1.54, 1.807) is 42.5 Å². The van der Waals surface area contributed by atoms with Crippen molar-refractivity contribution in [1.29, 1.82) is 0 Å². The molecule has 0 fully saturated rings. The third-order valence-electron chi connectivity index (χ3n) is 4.49. The zero-order valence-electron chi connectivity index (χ0n) is 14.9. The van der Waals surface area contributed by atoms with E-state index < -0.39 is 11.6 Å². The molecule has 1 heterocycles. The molecule has 1 aromatic heterocycles. The summed E-state index contributed by atoms with van der Waals surface area (Å²) in [7, 11) is 0. The Morgan fingerprint density at radius 2 is 1.68 bits per heavy atom. The molecule has 0 spiro atoms. The first kappa shape index (κ1) is 18.0. The Morgan fingerprint density at radius 1 is 0.964 bits per heavy atom. The van der Waals surface area contributed by atoms with Crippen LogP contribution in [0.25, 0.3) is 22.1 Å². The van der Waals surface area contributed by atoms with Gasteiger partial charge in [-0.2, -0.15) is 0 Å². The van der Waals surface area contributed by atoms with Gasteiger partial charge < -0.3 is 9.15 Å². The van der Waals surface area contributed by atoms with Gasteiger partial charge in [0.05, 0.1) is 11.1 Å². The quantitative estimate of drug-likeness (QED) is 0.258. The average molecular weight is 391 g/mol. The van der Waals surface area contributed by atoms with Crippen LogP contribution in [0.5, 0.6) is 5.75 Å². The lowest BCUT2D eigenvalue weighted by atomic mass is 9.99. The van der Waals surface area contributed by atoms with Crippen molar-refractivity contribution in [2.75, 3.05) is 0 Å². The Bertz CT molecular complexity index is 1230. The molecule has 0 saturated carbocycles. The second-order valence-corrected chi connectivity index (χ2v) is 6.75. The van der Waals surface area contributed by atoms with Crippen LogP contribution in [-0.2, 0) is 0 Å². The van der Waals surface area contributed by atoms with Crippen LogP contribution in [0.2, 0.25) is 5.02 Å². The summed E-state index contributed by atoms with van der Waals surface area (Å²) in [4.78, 5) is 24.8. The smallest absolute Gasteiger partial charge is 0.344 e. The number of rotatable bonds is 3. The fourth-order valence-corrected chi connectivity index (χ4v) is 3.21. The number of carbonyl (C=O) groups is 1. The number of hydrogen-bond donors (Lipinski definition) is 0. The molecule has 4 aromatic rings. The van der Waals surface area contributed by atoms with E-state index in [-0.39, 0.29) is 0 Å². The second-order valence-electron chi connectivity index (χ2n) is 6.31. The highest BCUT2D eigenvalue weighted by Crippen LogP contribution is 2.29. The van der Waals surface area contributed by atoms with Crippen molar-refractivity contribution in [3.8, 4) is 16.9 Å². The number of carbonyl (C=O) groups excluding carboxylic acids is 1. The Labute approximate surface area is 166 Å². The lowest BCUT2D eigenvalue weighted by molar-refractivity contribution is 0.0735. The summed E-state index contributed by atoms with van der Waals surface area (Å²) in [5.41, 5.74) is 2.47. The van der Waals surface area contributed by atoms with Gasteiger partial charge in [0.1, 0.15) is 11.3 Å². The van der Waals surface area contributed by atoms with Gasteiger partial charge >= 0.3 is 11.6 Å². The summed E-state index contributed by atoms with van der Waals surface area (Å²) in [6.45, 7) is 1.85. The lowest BCUT2D eigenvalue weighted by Crippen LogP contribution is -2.09. The normalized spacial score (nSPS) is 10.8. The Kier molecular flexibility index (Phi) is 4.72. The molecule has 0 saturated heterocycles. The van der Waals surface area contributed by atoms with Gasteiger partial charge in [-0.1, -0.05) is 41.9 Å². The number of aryl methyl sites for hydroxylation is 1. The Hall–Kier alpha value is -3.37. The van der Waals surface area contributed by atoms with Gasteiger partial charge in [0.2, 0.25) is 0 Å². The molecule has 0 aliphatic heterocycles. The summed E-state index contributed by atoms with van der Waals surface area (Å²) in [6, 6.07) is 20.7. The highest BCUT2D eigenvalue weighted by Gasteiger charge is 2.15. The molecule has 0 bridgehead atoms. The molecular formula is C23H15ClO4. The van der Waals surface area contributed by atoms with Gasteiger partial charge in [0.15, 0.2) is 0 Å². The van der Waals surface area contributed by atoms with Crippen LogP contribution in [-0.4, -0.2) is 5.97 Å². The van der Waals surface area contributed by atoms with E-state index >= 15 is 0 Å². The van der Waals surface area contributed by atoms with Crippen molar-refractivity contribution in [2.24, 2.45) is 0 Å². The zero-order valence-corrected chi connectivity index (χ0v) is 15.7. The maximum absolute atomic E-state index is 12.5. The van der Waals surface area contributed by atoms with Crippen LogP contribution in [0.4, 0.5) is 0 Å². The number of hydrogen-bond acceptors (Lipinski definition) is 4. The molecule has 5 heteroatoms. The number of halogens is 1. The van der Waals surface area contributed by atoms with Crippen LogP contribution in [0.1, 0.15) is 15.9 Å². The number of ether oxygens (including phenoxy) is 1. The van der Waals surface area contributed by atoms with Crippen molar-refractivity contribution < 1.29 is 13.9 Å². The average Bonchev–Trinajstić information content (AvgIpc) is 2.70. The minimum atomic E-state index is -0.491. The van der Waals surface area contributed by atoms with Gasteiger partial charge in [-0.05, 0) is 60.5 Å². The molecule has 138 valence electrons. The van der Waals surface area contributed by atoms with Gasteiger partial charge in [-0.15, -0.1) is 0 Å². The maximum Gasteiger partial charge on any atom is 0.344 e. The SMILES string of the molecule is Cc1c(-c2ccccc2)c(=O)oc2ccc(OC(=O)c3ccc(Cl)cc3)cc12. The molecular weight excluding hydrogens is 376 g/mol. The topological polar surface area (TPSA) is 56.5 Å². The Balaban J connectivity index is 1.75. The fourth-order valence-electron chi connectivity index (χ4n) is 3.08. The van der Waals surface area contributed by atoms with Gasteiger partial charge in [-0.3, -0.25) is 0 Å². The van der Waals surface area contributed by atoms with E-state index in [1.165, 1.54) is 0 Å². The molecule has 0 N–H and O–H groups in total. The molecule has 0 aliphatic rings. The van der Waals surface area contributed by atoms with Crippen LogP contribution < -0.4 is 10.4 Å². The molecule has 28 heavy (non-hydrogen) atoms. The molecule has 0 amide bonds. The third-order valence-corrected chi connectivity index (χ3v) is 4.74. The van der Waals surface area contributed by atoms with Gasteiger partial charge in [-0.25, -0.2) is 9.59 Å². The lowest BCUT2D eigenvalue weighted by Gasteiger charge is -2.10. The first-order valence-corrected chi connectivity index (χ1v) is 9.01. The number of esters is 1. The number of benzene rings is 3. The molecule has 0 atom stereocenters. The molecule has 0 unspecified atom stereocenters. The standard InChI is InChI=1S/C23H15ClO4/c1-14-19-13-18(27-22(25)16-7-9-17(24)10-8-16)11-12-20(19)28-23(26)21(14)15-5-3-2-4-6-15/h2-13H,1H3. The summed E-state index contributed by atoms with van der Waals surface area (Å²) in [6.07, 6.45) is 0. The van der Waals surface area contributed by atoms with E-state index in [4.69, 9.17) is 20.8 Å². The van der Waals surface area contributed by atoms with Crippen molar-refractivity contribution in [3.63, 3.8) is 0 Å². The highest BCUT2D eigenvalue weighted by molar-refractivity contribution is 6.30. The largest absolute Gasteiger partial charge is 0.423 e. The van der Waals surface area contributed by atoms with Crippen LogP contribution in [0.3, 0.4) is 0 Å². The van der Waals surface area contributed by atoms with Gasteiger partial charge in [0, 0.05) is 10.4 Å². The molecule has 3 aromatic carbocycles. The first-order chi connectivity index (χ1) is 13.5. The Morgan fingerprint density at radius 3 is 2.39 bits per heavy atom. The number of fused-ring (bicyclic) bond motifs is 1. The minimum Gasteiger partial charge on any atom is -0.423 e. The summed E-state index contributed by atoms with van der Waals surface area (Å²) < 4.78 is 11.0. The van der Waals surface area contributed by atoms with E-state index in [0.717, 1.165) is 11.1 Å². The van der Waals surface area contributed by atoms with E-state index in [2.05, 4.69) is 0 Å². The van der Waals surface area contributed by atoms with Crippen molar-refractivity contribution in [3.05, 3.63) is 99.4 Å². The van der Waals surface area contributed by atoms with Crippen LogP contribution in [0.15, 0.2) is 82.0 Å². The minimum absolute atomic E-state index is 0.364. The van der Waals surface area contributed by atoms with Crippen molar-refractivity contribution in [2.45, 2.75) is 6.92 Å².